The van der Waals surface area contributed by atoms with Crippen molar-refractivity contribution < 1.29 is 13.3 Å². The summed E-state index contributed by atoms with van der Waals surface area (Å²) in [7, 11) is -3.28. The monoisotopic (exact) mass is 195 g/mol. The summed E-state index contributed by atoms with van der Waals surface area (Å²) in [5.74, 6) is -0.399. The van der Waals surface area contributed by atoms with Gasteiger partial charge < -0.3 is 0 Å². The molecule has 1 unspecified atom stereocenters. The zero-order valence-corrected chi connectivity index (χ0v) is 8.22. The maximum absolute atomic E-state index is 10.8. The molecule has 0 amide bonds. The standard InChI is InChI=1S/C6H13NO4S/c1-4-6(2,7(8)9)5-12(3,10)11/h4-5H2,1-3H3. The van der Waals surface area contributed by atoms with Crippen molar-refractivity contribution in [1.29, 1.82) is 0 Å². The highest BCUT2D eigenvalue weighted by Gasteiger charge is 2.38. The molecule has 0 aromatic rings. The van der Waals surface area contributed by atoms with E-state index in [-0.39, 0.29) is 6.42 Å². The molecule has 0 aromatic carbocycles. The van der Waals surface area contributed by atoms with E-state index in [1.54, 1.807) is 6.92 Å². The Morgan fingerprint density at radius 3 is 2.00 bits per heavy atom. The van der Waals surface area contributed by atoms with Crippen molar-refractivity contribution >= 4 is 9.84 Å². The lowest BCUT2D eigenvalue weighted by Crippen LogP contribution is -2.40. The number of rotatable bonds is 4. The lowest BCUT2D eigenvalue weighted by Gasteiger charge is -2.17. The second-order valence-electron chi connectivity index (χ2n) is 3.18. The molecule has 0 saturated carbocycles. The van der Waals surface area contributed by atoms with Crippen molar-refractivity contribution in [3.63, 3.8) is 0 Å². The highest BCUT2D eigenvalue weighted by Crippen LogP contribution is 2.15. The van der Waals surface area contributed by atoms with Crippen LogP contribution in [0.25, 0.3) is 0 Å². The summed E-state index contributed by atoms with van der Waals surface area (Å²) in [4.78, 5) is 9.94. The Morgan fingerprint density at radius 2 is 1.92 bits per heavy atom. The lowest BCUT2D eigenvalue weighted by atomic mass is 10.0. The van der Waals surface area contributed by atoms with Gasteiger partial charge in [-0.25, -0.2) is 8.42 Å². The zero-order valence-electron chi connectivity index (χ0n) is 7.40. The maximum atomic E-state index is 10.8. The van der Waals surface area contributed by atoms with Crippen LogP contribution in [-0.4, -0.2) is 30.9 Å². The Balaban J connectivity index is 4.69. The van der Waals surface area contributed by atoms with Crippen LogP contribution in [0, 0.1) is 10.1 Å². The highest BCUT2D eigenvalue weighted by molar-refractivity contribution is 7.90. The van der Waals surface area contributed by atoms with Crippen molar-refractivity contribution in [2.24, 2.45) is 0 Å². The summed E-state index contributed by atoms with van der Waals surface area (Å²) in [5.41, 5.74) is -1.34. The van der Waals surface area contributed by atoms with E-state index >= 15 is 0 Å². The van der Waals surface area contributed by atoms with E-state index in [0.717, 1.165) is 6.26 Å². The number of hydrogen-bond acceptors (Lipinski definition) is 4. The molecule has 0 spiro atoms. The smallest absolute Gasteiger partial charge is 0.233 e. The topological polar surface area (TPSA) is 77.3 Å². The van der Waals surface area contributed by atoms with E-state index in [9.17, 15) is 18.5 Å². The van der Waals surface area contributed by atoms with Crippen LogP contribution in [-0.2, 0) is 9.84 Å². The van der Waals surface area contributed by atoms with E-state index in [0.29, 0.717) is 0 Å². The summed E-state index contributed by atoms with van der Waals surface area (Å²) in [6.45, 7) is 2.95. The third-order valence-corrected chi connectivity index (χ3v) is 2.92. The second-order valence-corrected chi connectivity index (χ2v) is 5.32. The Kier molecular flexibility index (Phi) is 3.20. The first kappa shape index (κ1) is 11.4. The SMILES string of the molecule is CCC(C)(CS(C)(=O)=O)[N+](=O)[O-]. The molecule has 0 rings (SSSR count). The van der Waals surface area contributed by atoms with Crippen LogP contribution in [0.15, 0.2) is 0 Å². The molecular formula is C6H13NO4S. The summed E-state index contributed by atoms with van der Waals surface area (Å²) in [6.07, 6.45) is 1.22. The van der Waals surface area contributed by atoms with Gasteiger partial charge in [-0.05, 0) is 0 Å². The summed E-state index contributed by atoms with van der Waals surface area (Å²) < 4.78 is 21.6. The van der Waals surface area contributed by atoms with E-state index < -0.39 is 26.1 Å². The van der Waals surface area contributed by atoms with Crippen LogP contribution in [0.4, 0.5) is 0 Å². The van der Waals surface area contributed by atoms with Gasteiger partial charge in [0.05, 0.1) is 0 Å². The van der Waals surface area contributed by atoms with Crippen molar-refractivity contribution in [1.82, 2.24) is 0 Å². The van der Waals surface area contributed by atoms with E-state index in [4.69, 9.17) is 0 Å². The van der Waals surface area contributed by atoms with Gasteiger partial charge in [0.2, 0.25) is 5.54 Å². The Labute approximate surface area is 71.8 Å². The zero-order chi connectivity index (χ0) is 9.99. The van der Waals surface area contributed by atoms with Crippen LogP contribution >= 0.6 is 0 Å². The van der Waals surface area contributed by atoms with Crippen LogP contribution in [0.3, 0.4) is 0 Å². The Morgan fingerprint density at radius 1 is 1.50 bits per heavy atom. The molecule has 0 heterocycles. The number of sulfone groups is 1. The van der Waals surface area contributed by atoms with Crippen molar-refractivity contribution in [3.8, 4) is 0 Å². The molecule has 0 radical (unpaired) electrons. The fraction of sp³-hybridized carbons (Fsp3) is 1.00. The third kappa shape index (κ3) is 3.17. The minimum Gasteiger partial charge on any atom is -0.264 e. The number of nitrogens with zero attached hydrogens (tertiary/aromatic N) is 1. The van der Waals surface area contributed by atoms with Gasteiger partial charge in [0, 0.05) is 24.5 Å². The van der Waals surface area contributed by atoms with E-state index in [1.807, 2.05) is 0 Å². The second kappa shape index (κ2) is 3.38. The predicted octanol–water partition coefficient (Wildman–Crippen LogP) is 0.476. The summed E-state index contributed by atoms with van der Waals surface area (Å²) in [5, 5.41) is 10.5. The average molecular weight is 195 g/mol. The lowest BCUT2D eigenvalue weighted by molar-refractivity contribution is -0.559. The molecule has 5 nitrogen and oxygen atoms in total. The molecule has 0 aromatic heterocycles. The molecule has 0 N–H and O–H groups in total. The van der Waals surface area contributed by atoms with Crippen LogP contribution < -0.4 is 0 Å². The molecule has 12 heavy (non-hydrogen) atoms. The first-order chi connectivity index (χ1) is 5.21. The normalized spacial score (nSPS) is 16.9. The van der Waals surface area contributed by atoms with Gasteiger partial charge in [-0.3, -0.25) is 10.1 Å². The van der Waals surface area contributed by atoms with E-state index in [2.05, 4.69) is 0 Å². The summed E-state index contributed by atoms with van der Waals surface area (Å²) >= 11 is 0. The molecule has 0 aliphatic rings. The van der Waals surface area contributed by atoms with Gasteiger partial charge in [0.25, 0.3) is 0 Å². The quantitative estimate of drug-likeness (QED) is 0.482. The van der Waals surface area contributed by atoms with Gasteiger partial charge >= 0.3 is 0 Å². The van der Waals surface area contributed by atoms with Gasteiger partial charge in [-0.15, -0.1) is 0 Å². The first-order valence-electron chi connectivity index (χ1n) is 3.53. The molecule has 72 valence electrons. The van der Waals surface area contributed by atoms with Crippen LogP contribution in [0.5, 0.6) is 0 Å². The molecule has 0 aliphatic heterocycles. The summed E-state index contributed by atoms with van der Waals surface area (Å²) in [6, 6.07) is 0. The number of hydrogen-bond donors (Lipinski definition) is 0. The molecule has 0 aliphatic carbocycles. The molecule has 0 fully saturated rings. The molecule has 0 bridgehead atoms. The average Bonchev–Trinajstić information content (AvgIpc) is 1.83. The molecule has 1 atom stereocenters. The third-order valence-electron chi connectivity index (χ3n) is 1.78. The molecule has 0 saturated heterocycles. The first-order valence-corrected chi connectivity index (χ1v) is 5.59. The minimum atomic E-state index is -3.28. The van der Waals surface area contributed by atoms with Crippen LogP contribution in [0.2, 0.25) is 0 Å². The minimum absolute atomic E-state index is 0.215. The van der Waals surface area contributed by atoms with E-state index in [1.165, 1.54) is 6.92 Å². The maximum Gasteiger partial charge on any atom is 0.233 e. The Hall–Kier alpha value is -0.650. The van der Waals surface area contributed by atoms with Gasteiger partial charge in [0.1, 0.15) is 5.75 Å². The molecular weight excluding hydrogens is 182 g/mol. The fourth-order valence-electron chi connectivity index (χ4n) is 0.849. The molecule has 6 heteroatoms. The fourth-order valence-corrected chi connectivity index (χ4v) is 2.29. The highest BCUT2D eigenvalue weighted by atomic mass is 32.2. The largest absolute Gasteiger partial charge is 0.264 e. The van der Waals surface area contributed by atoms with Crippen LogP contribution in [0.1, 0.15) is 20.3 Å². The Bertz CT molecular complexity index is 271. The van der Waals surface area contributed by atoms with Gasteiger partial charge in [-0.2, -0.15) is 0 Å². The van der Waals surface area contributed by atoms with Gasteiger partial charge in [0.15, 0.2) is 9.84 Å². The van der Waals surface area contributed by atoms with Crippen molar-refractivity contribution in [2.45, 2.75) is 25.8 Å². The van der Waals surface area contributed by atoms with Gasteiger partial charge in [-0.1, -0.05) is 6.92 Å². The van der Waals surface area contributed by atoms with Crippen molar-refractivity contribution in [2.75, 3.05) is 12.0 Å². The van der Waals surface area contributed by atoms with Crippen molar-refractivity contribution in [3.05, 3.63) is 10.1 Å². The predicted molar refractivity (Wildman–Crippen MR) is 45.4 cm³/mol. The number of nitro groups is 1.